The Kier molecular flexibility index (Phi) is 11.1. The summed E-state index contributed by atoms with van der Waals surface area (Å²) in [5.74, 6) is -0.172. The molecule has 2 aromatic rings. The first-order valence-electron chi connectivity index (χ1n) is 14.5. The molecule has 0 radical (unpaired) electrons. The number of carbonyl (C=O) groups is 2. The molecule has 0 saturated carbocycles. The summed E-state index contributed by atoms with van der Waals surface area (Å²) in [6.07, 6.45) is 13.2. The molecule has 1 aliphatic heterocycles. The Morgan fingerprint density at radius 2 is 1.17 bits per heavy atom. The fourth-order valence-corrected chi connectivity index (χ4v) is 22.8. The molecule has 0 spiro atoms. The van der Waals surface area contributed by atoms with E-state index < -0.39 is 18.4 Å². The minimum absolute atomic E-state index is 0.0859. The SMILES string of the molecule is CCCCCCCN1C(=O)c2cccc3[c]([Sn]([CH2]CCC)([CH2]CCC)[CH2]CCC)ccc(c23)C1=O. The van der Waals surface area contributed by atoms with Gasteiger partial charge in [0.05, 0.1) is 0 Å². The van der Waals surface area contributed by atoms with Crippen LogP contribution in [0.25, 0.3) is 10.8 Å². The molecule has 0 atom stereocenters. The predicted octanol–water partition coefficient (Wildman–Crippen LogP) is 8.46. The van der Waals surface area contributed by atoms with Gasteiger partial charge in [-0.3, -0.25) is 0 Å². The Morgan fingerprint density at radius 3 is 1.74 bits per heavy atom. The van der Waals surface area contributed by atoms with Gasteiger partial charge < -0.3 is 0 Å². The standard InChI is InChI=1S/C19H20NO2.3C4H9.Sn/c1-2-3-4-5-6-13-20-18(21)15-11-7-9-14-10-8-12-16(17(14)15)19(20)22;3*1-3-4-2;/h7-9,11-12H,2-6,13H2,1H3;3*1,3-4H2,2H3;. The molecule has 0 aliphatic carbocycles. The van der Waals surface area contributed by atoms with Crippen LogP contribution in [-0.2, 0) is 0 Å². The van der Waals surface area contributed by atoms with Crippen LogP contribution in [0.3, 0.4) is 0 Å². The molecule has 0 saturated heterocycles. The number of imide groups is 1. The summed E-state index contributed by atoms with van der Waals surface area (Å²) in [6, 6.07) is 10.7. The summed E-state index contributed by atoms with van der Waals surface area (Å²) in [7, 11) is 0. The summed E-state index contributed by atoms with van der Waals surface area (Å²) in [5.41, 5.74) is 1.49. The first kappa shape index (κ1) is 28.2. The fraction of sp³-hybridized carbons (Fsp3) is 0.613. The van der Waals surface area contributed by atoms with Crippen molar-refractivity contribution in [2.75, 3.05) is 6.54 Å². The van der Waals surface area contributed by atoms with Gasteiger partial charge in [0.25, 0.3) is 0 Å². The Bertz CT molecular complexity index is 955. The van der Waals surface area contributed by atoms with E-state index in [9.17, 15) is 9.59 Å². The molecule has 3 nitrogen and oxygen atoms in total. The van der Waals surface area contributed by atoms with Crippen LogP contribution in [0.5, 0.6) is 0 Å². The van der Waals surface area contributed by atoms with Crippen LogP contribution in [0, 0.1) is 0 Å². The zero-order valence-electron chi connectivity index (χ0n) is 22.8. The topological polar surface area (TPSA) is 37.4 Å². The van der Waals surface area contributed by atoms with Gasteiger partial charge in [-0.1, -0.05) is 6.92 Å². The molecule has 0 N–H and O–H groups in total. The van der Waals surface area contributed by atoms with E-state index in [1.54, 1.807) is 3.58 Å². The summed E-state index contributed by atoms with van der Waals surface area (Å²) in [5, 5.41) is 2.18. The number of unbranched alkanes of at least 4 members (excludes halogenated alkanes) is 7. The zero-order chi connectivity index (χ0) is 25.3. The number of carbonyl (C=O) groups excluding carboxylic acids is 2. The molecule has 4 heteroatoms. The van der Waals surface area contributed by atoms with Gasteiger partial charge in [0, 0.05) is 0 Å². The van der Waals surface area contributed by atoms with Crippen molar-refractivity contribution in [1.82, 2.24) is 4.90 Å². The quantitative estimate of drug-likeness (QED) is 0.113. The van der Waals surface area contributed by atoms with E-state index >= 15 is 0 Å². The summed E-state index contributed by atoms with van der Waals surface area (Å²) in [6.45, 7) is 9.66. The maximum atomic E-state index is 13.5. The van der Waals surface area contributed by atoms with Crippen LogP contribution in [0.15, 0.2) is 30.3 Å². The molecule has 2 amide bonds. The Balaban J connectivity index is 2.05. The Morgan fingerprint density at radius 1 is 0.629 bits per heavy atom. The molecule has 0 bridgehead atoms. The van der Waals surface area contributed by atoms with Crippen molar-refractivity contribution in [3.63, 3.8) is 0 Å². The van der Waals surface area contributed by atoms with Crippen molar-refractivity contribution in [3.8, 4) is 0 Å². The van der Waals surface area contributed by atoms with Crippen LogP contribution in [0.2, 0.25) is 13.3 Å². The number of nitrogens with zero attached hydrogens (tertiary/aromatic N) is 1. The summed E-state index contributed by atoms with van der Waals surface area (Å²) >= 11 is -2.73. The minimum atomic E-state index is -2.73. The fourth-order valence-electron chi connectivity index (χ4n) is 6.01. The molecule has 2 aromatic carbocycles. The Labute approximate surface area is 217 Å². The van der Waals surface area contributed by atoms with Crippen molar-refractivity contribution in [2.45, 2.75) is 112 Å². The second-order valence-electron chi connectivity index (χ2n) is 10.7. The third-order valence-corrected chi connectivity index (χ3v) is 23.8. The van der Waals surface area contributed by atoms with Crippen LogP contribution < -0.4 is 3.58 Å². The van der Waals surface area contributed by atoms with Gasteiger partial charge in [-0.15, -0.1) is 0 Å². The van der Waals surface area contributed by atoms with Crippen LogP contribution >= 0.6 is 0 Å². The van der Waals surface area contributed by atoms with E-state index in [1.165, 1.54) is 81.4 Å². The van der Waals surface area contributed by atoms with Crippen molar-refractivity contribution in [3.05, 3.63) is 41.5 Å². The normalized spacial score (nSPS) is 13.8. The molecule has 0 fully saturated rings. The average Bonchev–Trinajstić information content (AvgIpc) is 2.88. The second-order valence-corrected chi connectivity index (χ2v) is 23.8. The molecule has 0 aromatic heterocycles. The molecular formula is C31H47NO2Sn. The number of amides is 2. The molecule has 3 rings (SSSR count). The van der Waals surface area contributed by atoms with Gasteiger partial charge in [-0.2, -0.15) is 0 Å². The monoisotopic (exact) mass is 585 g/mol. The van der Waals surface area contributed by atoms with E-state index in [2.05, 4.69) is 52.0 Å². The summed E-state index contributed by atoms with van der Waals surface area (Å²) in [4.78, 5) is 28.6. The first-order chi connectivity index (χ1) is 17.0. The van der Waals surface area contributed by atoms with Crippen molar-refractivity contribution in [1.29, 1.82) is 0 Å². The predicted molar refractivity (Wildman–Crippen MR) is 153 cm³/mol. The average molecular weight is 584 g/mol. The first-order valence-corrected chi connectivity index (χ1v) is 21.9. The second kappa shape index (κ2) is 13.8. The third kappa shape index (κ3) is 6.32. The zero-order valence-corrected chi connectivity index (χ0v) is 25.6. The molecule has 0 unspecified atom stereocenters. The van der Waals surface area contributed by atoms with Gasteiger partial charge in [-0.25, -0.2) is 0 Å². The van der Waals surface area contributed by atoms with Gasteiger partial charge in [0.15, 0.2) is 0 Å². The number of hydrogen-bond donors (Lipinski definition) is 0. The molecule has 1 heterocycles. The van der Waals surface area contributed by atoms with Gasteiger partial charge in [0.2, 0.25) is 0 Å². The van der Waals surface area contributed by atoms with E-state index in [1.807, 2.05) is 6.07 Å². The van der Waals surface area contributed by atoms with E-state index in [4.69, 9.17) is 0 Å². The Hall–Kier alpha value is -1.36. The molecular weight excluding hydrogens is 537 g/mol. The number of rotatable bonds is 16. The van der Waals surface area contributed by atoms with E-state index in [0.717, 1.165) is 29.4 Å². The van der Waals surface area contributed by atoms with Crippen molar-refractivity contribution >= 4 is 44.5 Å². The van der Waals surface area contributed by atoms with E-state index in [0.29, 0.717) is 6.54 Å². The third-order valence-electron chi connectivity index (χ3n) is 8.08. The van der Waals surface area contributed by atoms with Crippen LogP contribution in [0.4, 0.5) is 0 Å². The van der Waals surface area contributed by atoms with Crippen LogP contribution in [-0.4, -0.2) is 41.6 Å². The molecule has 35 heavy (non-hydrogen) atoms. The van der Waals surface area contributed by atoms with Gasteiger partial charge in [-0.05, 0) is 0 Å². The number of benzene rings is 2. The van der Waals surface area contributed by atoms with Crippen molar-refractivity contribution < 1.29 is 9.59 Å². The maximum absolute atomic E-state index is 13.5. The van der Waals surface area contributed by atoms with Crippen molar-refractivity contribution in [2.24, 2.45) is 0 Å². The van der Waals surface area contributed by atoms with E-state index in [-0.39, 0.29) is 11.8 Å². The van der Waals surface area contributed by atoms with Gasteiger partial charge >= 0.3 is 212 Å². The number of hydrogen-bond acceptors (Lipinski definition) is 2. The van der Waals surface area contributed by atoms with Crippen LogP contribution in [0.1, 0.15) is 119 Å². The molecule has 1 aliphatic rings. The van der Waals surface area contributed by atoms with Gasteiger partial charge in [0.1, 0.15) is 0 Å². The summed E-state index contributed by atoms with van der Waals surface area (Å²) < 4.78 is 5.73. The molecule has 192 valence electrons.